The summed E-state index contributed by atoms with van der Waals surface area (Å²) in [4.78, 5) is 10.1. The van der Waals surface area contributed by atoms with Gasteiger partial charge in [0.05, 0.1) is 18.1 Å². The lowest BCUT2D eigenvalue weighted by atomic mass is 10.0. The molecule has 3 N–H and O–H groups in total. The minimum atomic E-state index is -1.11. The molecule has 0 radical (unpaired) electrons. The summed E-state index contributed by atoms with van der Waals surface area (Å²) in [5, 5.41) is 28.1. The molecule has 0 aromatic heterocycles. The predicted molar refractivity (Wildman–Crippen MR) is 50.7 cm³/mol. The van der Waals surface area contributed by atoms with Crippen molar-refractivity contribution < 1.29 is 15.0 Å². The minimum Gasteiger partial charge on any atom is -0.465 e. The van der Waals surface area contributed by atoms with Gasteiger partial charge in [0.1, 0.15) is 0 Å². The summed E-state index contributed by atoms with van der Waals surface area (Å²) in [6.45, 7) is 1.85. The SMILES string of the molecule is CC(O)CCCC(C#N)CNC(=O)O. The van der Waals surface area contributed by atoms with Gasteiger partial charge in [-0.2, -0.15) is 5.26 Å². The van der Waals surface area contributed by atoms with Crippen LogP contribution >= 0.6 is 0 Å². The third-order valence-electron chi connectivity index (χ3n) is 1.86. The number of aliphatic hydroxyl groups is 1. The number of carbonyl (C=O) groups is 1. The molecule has 14 heavy (non-hydrogen) atoms. The molecule has 0 saturated heterocycles. The van der Waals surface area contributed by atoms with Crippen LogP contribution in [0, 0.1) is 17.2 Å². The molecule has 0 aliphatic carbocycles. The summed E-state index contributed by atoms with van der Waals surface area (Å²) < 4.78 is 0. The van der Waals surface area contributed by atoms with Gasteiger partial charge >= 0.3 is 6.09 Å². The van der Waals surface area contributed by atoms with Crippen molar-refractivity contribution in [3.05, 3.63) is 0 Å². The van der Waals surface area contributed by atoms with Gasteiger partial charge in [-0.15, -0.1) is 0 Å². The quantitative estimate of drug-likeness (QED) is 0.595. The molecule has 0 rings (SSSR count). The van der Waals surface area contributed by atoms with E-state index in [0.717, 1.165) is 6.42 Å². The number of carboxylic acid groups (broad SMARTS) is 1. The molecule has 5 heteroatoms. The molecular formula is C9H16N2O3. The summed E-state index contributed by atoms with van der Waals surface area (Å²) in [6.07, 6.45) is 0.520. The van der Waals surface area contributed by atoms with E-state index in [0.29, 0.717) is 12.8 Å². The molecule has 0 aromatic carbocycles. The summed E-state index contributed by atoms with van der Waals surface area (Å²) in [5.41, 5.74) is 0. The molecule has 2 atom stereocenters. The monoisotopic (exact) mass is 200 g/mol. The van der Waals surface area contributed by atoms with E-state index in [9.17, 15) is 4.79 Å². The van der Waals surface area contributed by atoms with Gasteiger partial charge in [0.25, 0.3) is 0 Å². The summed E-state index contributed by atoms with van der Waals surface area (Å²) >= 11 is 0. The molecule has 0 aliphatic rings. The molecule has 0 aromatic rings. The van der Waals surface area contributed by atoms with E-state index in [-0.39, 0.29) is 18.6 Å². The molecule has 0 fully saturated rings. The maximum Gasteiger partial charge on any atom is 0.404 e. The van der Waals surface area contributed by atoms with E-state index < -0.39 is 6.09 Å². The highest BCUT2D eigenvalue weighted by molar-refractivity contribution is 5.64. The third kappa shape index (κ3) is 7.37. The largest absolute Gasteiger partial charge is 0.465 e. The van der Waals surface area contributed by atoms with Gasteiger partial charge in [-0.05, 0) is 26.2 Å². The van der Waals surface area contributed by atoms with Crippen molar-refractivity contribution in [1.29, 1.82) is 5.26 Å². The first-order valence-electron chi connectivity index (χ1n) is 4.60. The lowest BCUT2D eigenvalue weighted by molar-refractivity contribution is 0.178. The van der Waals surface area contributed by atoms with E-state index in [1.807, 2.05) is 6.07 Å². The van der Waals surface area contributed by atoms with Crippen LogP contribution in [0.5, 0.6) is 0 Å². The van der Waals surface area contributed by atoms with Crippen molar-refractivity contribution >= 4 is 6.09 Å². The maximum atomic E-state index is 10.1. The second-order valence-electron chi connectivity index (χ2n) is 3.29. The highest BCUT2D eigenvalue weighted by atomic mass is 16.4. The van der Waals surface area contributed by atoms with Crippen LogP contribution in [0.1, 0.15) is 26.2 Å². The number of nitrogens with one attached hydrogen (secondary N) is 1. The van der Waals surface area contributed by atoms with Crippen molar-refractivity contribution in [2.24, 2.45) is 5.92 Å². The molecule has 2 unspecified atom stereocenters. The zero-order valence-corrected chi connectivity index (χ0v) is 8.23. The van der Waals surface area contributed by atoms with Crippen LogP contribution < -0.4 is 5.32 Å². The Kier molecular flexibility index (Phi) is 6.50. The molecule has 0 aliphatic heterocycles. The van der Waals surface area contributed by atoms with E-state index in [1.165, 1.54) is 0 Å². The van der Waals surface area contributed by atoms with Gasteiger partial charge in [-0.1, -0.05) is 0 Å². The second-order valence-corrected chi connectivity index (χ2v) is 3.29. The van der Waals surface area contributed by atoms with Crippen LogP contribution in [-0.4, -0.2) is 29.0 Å². The summed E-state index contributed by atoms with van der Waals surface area (Å²) in [7, 11) is 0. The Labute approximate surface area is 83.4 Å². The average Bonchev–Trinajstić information content (AvgIpc) is 2.10. The lowest BCUT2D eigenvalue weighted by Crippen LogP contribution is -2.27. The topological polar surface area (TPSA) is 93.4 Å². The number of nitrogens with zero attached hydrogens (tertiary/aromatic N) is 1. The van der Waals surface area contributed by atoms with Crippen LogP contribution in [0.3, 0.4) is 0 Å². The molecule has 80 valence electrons. The number of hydrogen-bond acceptors (Lipinski definition) is 3. The Morgan fingerprint density at radius 3 is 2.64 bits per heavy atom. The fraction of sp³-hybridized carbons (Fsp3) is 0.778. The minimum absolute atomic E-state index is 0.158. The fourth-order valence-electron chi connectivity index (χ4n) is 1.08. The standard InChI is InChI=1S/C9H16N2O3/c1-7(12)3-2-4-8(5-10)6-11-9(13)14/h7-8,11-12H,2-4,6H2,1H3,(H,13,14). The molecule has 0 heterocycles. The van der Waals surface area contributed by atoms with Crippen LogP contribution in [0.25, 0.3) is 0 Å². The van der Waals surface area contributed by atoms with Crippen LogP contribution in [0.4, 0.5) is 4.79 Å². The number of nitriles is 1. The van der Waals surface area contributed by atoms with Gasteiger partial charge in [-0.25, -0.2) is 4.79 Å². The van der Waals surface area contributed by atoms with Crippen molar-refractivity contribution in [1.82, 2.24) is 5.32 Å². The summed E-state index contributed by atoms with van der Waals surface area (Å²) in [6, 6.07) is 2.02. The Morgan fingerprint density at radius 2 is 2.21 bits per heavy atom. The maximum absolute atomic E-state index is 10.1. The normalized spacial score (nSPS) is 14.1. The van der Waals surface area contributed by atoms with Gasteiger partial charge < -0.3 is 15.5 Å². The van der Waals surface area contributed by atoms with E-state index in [1.54, 1.807) is 6.92 Å². The van der Waals surface area contributed by atoms with Gasteiger partial charge in [0.2, 0.25) is 0 Å². The van der Waals surface area contributed by atoms with Crippen LogP contribution in [0.15, 0.2) is 0 Å². The lowest BCUT2D eigenvalue weighted by Gasteiger charge is -2.09. The zero-order valence-electron chi connectivity index (χ0n) is 8.23. The highest BCUT2D eigenvalue weighted by Gasteiger charge is 2.08. The Balaban J connectivity index is 3.59. The predicted octanol–water partition coefficient (Wildman–Crippen LogP) is 0.945. The molecule has 1 amide bonds. The first-order valence-corrected chi connectivity index (χ1v) is 4.60. The third-order valence-corrected chi connectivity index (χ3v) is 1.86. The molecule has 0 bridgehead atoms. The highest BCUT2D eigenvalue weighted by Crippen LogP contribution is 2.08. The second kappa shape index (κ2) is 7.15. The van der Waals surface area contributed by atoms with E-state index >= 15 is 0 Å². The molecular weight excluding hydrogens is 184 g/mol. The van der Waals surface area contributed by atoms with Crippen molar-refractivity contribution in [3.63, 3.8) is 0 Å². The zero-order chi connectivity index (χ0) is 11.0. The van der Waals surface area contributed by atoms with Gasteiger partial charge in [-0.3, -0.25) is 0 Å². The first kappa shape index (κ1) is 12.7. The average molecular weight is 200 g/mol. The number of hydrogen-bond donors (Lipinski definition) is 3. The fourth-order valence-corrected chi connectivity index (χ4v) is 1.08. The van der Waals surface area contributed by atoms with Crippen LogP contribution in [-0.2, 0) is 0 Å². The van der Waals surface area contributed by atoms with Gasteiger partial charge in [0, 0.05) is 6.54 Å². The van der Waals surface area contributed by atoms with Crippen LogP contribution in [0.2, 0.25) is 0 Å². The Hall–Kier alpha value is -1.28. The first-order chi connectivity index (χ1) is 6.56. The van der Waals surface area contributed by atoms with Crippen molar-refractivity contribution in [2.45, 2.75) is 32.3 Å². The van der Waals surface area contributed by atoms with E-state index in [2.05, 4.69) is 5.32 Å². The van der Waals surface area contributed by atoms with E-state index in [4.69, 9.17) is 15.5 Å². The Bertz CT molecular complexity index is 211. The molecule has 0 spiro atoms. The van der Waals surface area contributed by atoms with Crippen molar-refractivity contribution in [2.75, 3.05) is 6.54 Å². The smallest absolute Gasteiger partial charge is 0.404 e. The number of amides is 1. The molecule has 5 nitrogen and oxygen atoms in total. The number of rotatable bonds is 6. The van der Waals surface area contributed by atoms with Gasteiger partial charge in [0.15, 0.2) is 0 Å². The Morgan fingerprint density at radius 1 is 1.57 bits per heavy atom. The summed E-state index contributed by atoms with van der Waals surface area (Å²) in [5.74, 6) is -0.301. The number of aliphatic hydroxyl groups excluding tert-OH is 1. The molecule has 0 saturated carbocycles. The van der Waals surface area contributed by atoms with Crippen molar-refractivity contribution in [3.8, 4) is 6.07 Å².